The molecule has 0 aliphatic heterocycles. The average molecular weight is 741 g/mol. The number of nitrogens with one attached hydrogen (secondary N) is 5. The van der Waals surface area contributed by atoms with E-state index in [2.05, 4.69) is 31.3 Å². The van der Waals surface area contributed by atoms with Crippen molar-refractivity contribution in [3.8, 4) is 0 Å². The highest BCUT2D eigenvalue weighted by molar-refractivity contribution is 7.99. The summed E-state index contributed by atoms with van der Waals surface area (Å²) in [5.74, 6) is -3.21. The van der Waals surface area contributed by atoms with Crippen LogP contribution in [0, 0.1) is 0 Å². The summed E-state index contributed by atoms with van der Waals surface area (Å²) < 4.78 is 4.41. The van der Waals surface area contributed by atoms with Crippen LogP contribution in [0.4, 0.5) is 0 Å². The Morgan fingerprint density at radius 3 is 1.36 bits per heavy atom. The summed E-state index contributed by atoms with van der Waals surface area (Å²) in [6.07, 6.45) is 10.0. The number of methoxy groups -OCH3 is 1. The second-order valence-electron chi connectivity index (χ2n) is 9.92. The van der Waals surface area contributed by atoms with Crippen LogP contribution in [0.2, 0.25) is 0 Å². The molecule has 0 aromatic carbocycles. The number of carbonyl (C=O) groups is 7. The van der Waals surface area contributed by atoms with E-state index in [-0.39, 0.29) is 32.2 Å². The smallest absolute Gasteiger partial charge is 0.330 e. The molecule has 0 aromatic heterocycles. The second kappa shape index (κ2) is 26.4. The first-order valence-corrected chi connectivity index (χ1v) is 20.1. The van der Waals surface area contributed by atoms with E-state index in [1.807, 2.05) is 25.0 Å². The quantitative estimate of drug-likeness (QED) is 0.0449. The van der Waals surface area contributed by atoms with E-state index in [1.165, 1.54) is 47.0 Å². The largest absolute Gasteiger partial charge is 0.480 e. The lowest BCUT2D eigenvalue weighted by atomic mass is 10.1. The number of hydrogen-bond acceptors (Lipinski definition) is 13. The fourth-order valence-corrected chi connectivity index (χ4v) is 5.56. The number of ether oxygens (including phenoxy) is 1. The zero-order valence-electron chi connectivity index (χ0n) is 27.3. The minimum absolute atomic E-state index is 0.210. The van der Waals surface area contributed by atoms with Gasteiger partial charge in [0.2, 0.25) is 29.5 Å². The minimum Gasteiger partial charge on any atom is -0.480 e. The lowest BCUT2D eigenvalue weighted by Gasteiger charge is -2.26. The Hall–Kier alpha value is -2.61. The summed E-state index contributed by atoms with van der Waals surface area (Å²) in [7, 11) is 1.15. The first kappa shape index (κ1) is 44.4. The monoisotopic (exact) mass is 740 g/mol. The number of amides is 5. The van der Waals surface area contributed by atoms with Gasteiger partial charge in [-0.2, -0.15) is 47.0 Å². The topological polar surface area (TPSA) is 235 Å². The van der Waals surface area contributed by atoms with Crippen molar-refractivity contribution in [2.45, 2.75) is 55.9 Å². The number of carboxylic acid groups (broad SMARTS) is 1. The van der Waals surface area contributed by atoms with Gasteiger partial charge >= 0.3 is 11.9 Å². The van der Waals surface area contributed by atoms with Crippen LogP contribution in [0.1, 0.15) is 25.7 Å². The van der Waals surface area contributed by atoms with Crippen LogP contribution >= 0.6 is 47.0 Å². The number of carboxylic acids is 1. The molecular weight excluding hydrogens is 693 g/mol. The molecule has 268 valence electrons. The Morgan fingerprint density at radius 1 is 0.638 bits per heavy atom. The van der Waals surface area contributed by atoms with Gasteiger partial charge in [-0.25, -0.2) is 9.59 Å². The van der Waals surface area contributed by atoms with Gasteiger partial charge in [-0.1, -0.05) is 0 Å². The molecule has 5 unspecified atom stereocenters. The summed E-state index contributed by atoms with van der Waals surface area (Å²) in [4.78, 5) is 87.5. The molecule has 0 radical (unpaired) electrons. The molecule has 0 aliphatic rings. The molecular formula is C28H48N6O9S4. The minimum atomic E-state index is -1.23. The van der Waals surface area contributed by atoms with Crippen molar-refractivity contribution < 1.29 is 43.4 Å². The van der Waals surface area contributed by atoms with Crippen molar-refractivity contribution >= 4 is 88.5 Å². The SMILES string of the molecule is COC(=O)/C=C/C(=O)NCC(N)C(=O)NC(CCSC)C(=O)NC(CCSC)C(=O)NC(CCSC)C(=O)NC(CCSC)C(=O)O. The van der Waals surface area contributed by atoms with Gasteiger partial charge in [-0.05, 0) is 73.7 Å². The number of thioether (sulfide) groups is 4. The van der Waals surface area contributed by atoms with E-state index in [4.69, 9.17) is 5.73 Å². The van der Waals surface area contributed by atoms with Crippen molar-refractivity contribution in [2.75, 3.05) is 61.7 Å². The summed E-state index contributed by atoms with van der Waals surface area (Å²) >= 11 is 5.79. The van der Waals surface area contributed by atoms with Crippen LogP contribution in [0.25, 0.3) is 0 Å². The first-order valence-electron chi connectivity index (χ1n) is 14.5. The van der Waals surface area contributed by atoms with Crippen LogP contribution in [0.5, 0.6) is 0 Å². The number of esters is 1. The highest BCUT2D eigenvalue weighted by atomic mass is 32.2. The molecule has 0 rings (SSSR count). The molecule has 0 heterocycles. The molecule has 5 atom stereocenters. The van der Waals surface area contributed by atoms with E-state index >= 15 is 0 Å². The van der Waals surface area contributed by atoms with Crippen LogP contribution < -0.4 is 32.3 Å². The van der Waals surface area contributed by atoms with Crippen molar-refractivity contribution in [1.29, 1.82) is 0 Å². The maximum absolute atomic E-state index is 13.5. The van der Waals surface area contributed by atoms with E-state index in [0.717, 1.165) is 19.3 Å². The Bertz CT molecular complexity index is 1070. The molecule has 0 spiro atoms. The Balaban J connectivity index is 5.70. The van der Waals surface area contributed by atoms with Crippen LogP contribution in [-0.2, 0) is 38.3 Å². The maximum Gasteiger partial charge on any atom is 0.330 e. The fraction of sp³-hybridized carbons (Fsp3) is 0.679. The van der Waals surface area contributed by atoms with Gasteiger partial charge < -0.3 is 42.2 Å². The van der Waals surface area contributed by atoms with Crippen LogP contribution in [-0.4, -0.2) is 138 Å². The van der Waals surface area contributed by atoms with Gasteiger partial charge in [0.05, 0.1) is 7.11 Å². The predicted octanol–water partition coefficient (Wildman–Crippen LogP) is -0.805. The number of hydrogen-bond donors (Lipinski definition) is 7. The molecule has 15 nitrogen and oxygen atoms in total. The van der Waals surface area contributed by atoms with Crippen molar-refractivity contribution in [1.82, 2.24) is 26.6 Å². The number of nitrogens with two attached hydrogens (primary N) is 1. The molecule has 0 aromatic rings. The third kappa shape index (κ3) is 19.7. The second-order valence-corrected chi connectivity index (χ2v) is 13.9. The Labute approximate surface area is 293 Å². The summed E-state index contributed by atoms with van der Waals surface area (Å²) in [5.41, 5.74) is 5.92. The molecule has 19 heteroatoms. The maximum atomic E-state index is 13.5. The standard InChI is InChI=1S/C28H48N6O9S4/c1-43-23(36)7-6-22(35)30-16-17(29)24(37)31-18(8-12-44-2)25(38)32-19(9-13-45-3)26(39)33-20(10-14-46-4)27(40)34-21(28(41)42)11-15-47-5/h6-7,17-21H,8-16,29H2,1-5H3,(H,30,35)(H,31,37)(H,32,38)(H,33,39)(H,34,40)(H,41,42)/b7-6+. The van der Waals surface area contributed by atoms with Crippen molar-refractivity contribution in [3.63, 3.8) is 0 Å². The van der Waals surface area contributed by atoms with Gasteiger partial charge in [0, 0.05) is 18.7 Å². The number of aliphatic carboxylic acids is 1. The Kier molecular flexibility index (Phi) is 24.9. The molecule has 47 heavy (non-hydrogen) atoms. The normalized spacial score (nSPS) is 14.2. The van der Waals surface area contributed by atoms with Gasteiger partial charge in [-0.15, -0.1) is 0 Å². The van der Waals surface area contributed by atoms with Crippen LogP contribution in [0.3, 0.4) is 0 Å². The number of rotatable bonds is 25. The van der Waals surface area contributed by atoms with E-state index < -0.39 is 71.7 Å². The van der Waals surface area contributed by atoms with E-state index in [9.17, 15) is 38.7 Å². The zero-order chi connectivity index (χ0) is 35.8. The lowest BCUT2D eigenvalue weighted by Crippen LogP contribution is -2.59. The van der Waals surface area contributed by atoms with Gasteiger partial charge in [-0.3, -0.25) is 24.0 Å². The third-order valence-corrected chi connectivity index (χ3v) is 8.94. The fourth-order valence-electron chi connectivity index (χ4n) is 3.68. The first-order chi connectivity index (χ1) is 22.3. The van der Waals surface area contributed by atoms with Crippen LogP contribution in [0.15, 0.2) is 12.2 Å². The van der Waals surface area contributed by atoms with Crippen molar-refractivity contribution in [2.24, 2.45) is 5.73 Å². The van der Waals surface area contributed by atoms with Gasteiger partial charge in [0.1, 0.15) is 30.2 Å². The molecule has 0 fully saturated rings. The predicted molar refractivity (Wildman–Crippen MR) is 189 cm³/mol. The molecule has 0 aliphatic carbocycles. The van der Waals surface area contributed by atoms with Crippen molar-refractivity contribution in [3.05, 3.63) is 12.2 Å². The van der Waals surface area contributed by atoms with E-state index in [0.29, 0.717) is 23.0 Å². The molecule has 8 N–H and O–H groups in total. The summed E-state index contributed by atoms with van der Waals surface area (Å²) in [6.45, 7) is -0.286. The molecule has 0 saturated carbocycles. The van der Waals surface area contributed by atoms with E-state index in [1.54, 1.807) is 0 Å². The highest BCUT2D eigenvalue weighted by Gasteiger charge is 2.31. The summed E-state index contributed by atoms with van der Waals surface area (Å²) in [5, 5.41) is 22.4. The Morgan fingerprint density at radius 2 is 1.00 bits per heavy atom. The highest BCUT2D eigenvalue weighted by Crippen LogP contribution is 2.09. The third-order valence-electron chi connectivity index (χ3n) is 6.36. The molecule has 5 amide bonds. The van der Waals surface area contributed by atoms with Gasteiger partial charge in [0.15, 0.2) is 0 Å². The number of carbonyl (C=O) groups excluding carboxylic acids is 6. The summed E-state index contributed by atoms with van der Waals surface area (Å²) in [6, 6.07) is -5.51. The van der Waals surface area contributed by atoms with Gasteiger partial charge in [0.25, 0.3) is 0 Å². The zero-order valence-corrected chi connectivity index (χ0v) is 30.6. The lowest BCUT2D eigenvalue weighted by molar-refractivity contribution is -0.142. The molecule has 0 saturated heterocycles. The molecule has 0 bridgehead atoms. The average Bonchev–Trinajstić information content (AvgIpc) is 3.05.